The number of rotatable bonds is 3. The Morgan fingerprint density at radius 3 is 2.58 bits per heavy atom. The summed E-state index contributed by atoms with van der Waals surface area (Å²) in [6.45, 7) is 4.55. The Hall–Kier alpha value is -1.72. The average Bonchev–Trinajstić information content (AvgIpc) is 2.61. The topological polar surface area (TPSA) is 43.8 Å². The van der Waals surface area contributed by atoms with Crippen molar-refractivity contribution < 1.29 is 13.2 Å². The Bertz CT molecular complexity index is 599. The lowest BCUT2D eigenvalue weighted by atomic mass is 10.1. The predicted octanol–water partition coefficient (Wildman–Crippen LogP) is 3.75. The summed E-state index contributed by atoms with van der Waals surface area (Å²) in [5.41, 5.74) is 6.06. The summed E-state index contributed by atoms with van der Waals surface area (Å²) < 4.78 is 40.0. The molecule has 0 aliphatic heterocycles. The Kier molecular flexibility index (Phi) is 3.43. The molecule has 1 aromatic heterocycles. The van der Waals surface area contributed by atoms with Crippen LogP contribution in [-0.4, -0.2) is 9.55 Å². The van der Waals surface area contributed by atoms with Crippen LogP contribution in [0, 0.1) is 6.92 Å². The molecule has 6 heteroatoms. The van der Waals surface area contributed by atoms with Gasteiger partial charge in [0.25, 0.3) is 0 Å². The minimum Gasteiger partial charge on any atom is -0.397 e. The second-order valence-electron chi connectivity index (χ2n) is 4.60. The molecule has 0 aliphatic carbocycles. The highest BCUT2D eigenvalue weighted by Gasteiger charge is 2.32. The van der Waals surface area contributed by atoms with Crippen LogP contribution < -0.4 is 5.73 Å². The van der Waals surface area contributed by atoms with Gasteiger partial charge in [-0.25, -0.2) is 4.98 Å². The lowest BCUT2D eigenvalue weighted by molar-refractivity contribution is -0.137. The van der Waals surface area contributed by atoms with Gasteiger partial charge in [0, 0.05) is 6.54 Å². The maximum atomic E-state index is 12.7. The third-order valence-electron chi connectivity index (χ3n) is 3.12. The van der Waals surface area contributed by atoms with Crippen molar-refractivity contribution in [2.24, 2.45) is 0 Å². The molecule has 1 aromatic carbocycles. The maximum Gasteiger partial charge on any atom is 0.416 e. The van der Waals surface area contributed by atoms with Crippen molar-refractivity contribution >= 4 is 16.7 Å². The highest BCUT2D eigenvalue weighted by molar-refractivity contribution is 5.88. The molecule has 0 saturated heterocycles. The zero-order chi connectivity index (χ0) is 14.2. The van der Waals surface area contributed by atoms with E-state index < -0.39 is 11.7 Å². The number of fused-ring (bicyclic) bond motifs is 1. The van der Waals surface area contributed by atoms with Gasteiger partial charge in [-0.15, -0.1) is 0 Å². The number of anilines is 1. The van der Waals surface area contributed by atoms with Crippen LogP contribution in [0.25, 0.3) is 11.0 Å². The van der Waals surface area contributed by atoms with Crippen LogP contribution in [0.4, 0.5) is 18.9 Å². The lowest BCUT2D eigenvalue weighted by Crippen LogP contribution is -2.07. The first-order valence-electron chi connectivity index (χ1n) is 6.18. The summed E-state index contributed by atoms with van der Waals surface area (Å²) >= 11 is 0. The van der Waals surface area contributed by atoms with E-state index in [1.807, 2.05) is 4.57 Å². The first-order valence-corrected chi connectivity index (χ1v) is 6.18. The number of imidazole rings is 1. The summed E-state index contributed by atoms with van der Waals surface area (Å²) in [5.74, 6) is 0.689. The van der Waals surface area contributed by atoms with Crippen LogP contribution in [0.2, 0.25) is 0 Å². The van der Waals surface area contributed by atoms with E-state index in [4.69, 9.17) is 5.73 Å². The zero-order valence-electron chi connectivity index (χ0n) is 10.9. The first-order chi connectivity index (χ1) is 8.84. The van der Waals surface area contributed by atoms with E-state index in [0.717, 1.165) is 25.0 Å². The van der Waals surface area contributed by atoms with Gasteiger partial charge < -0.3 is 10.3 Å². The number of hydrogen-bond acceptors (Lipinski definition) is 2. The van der Waals surface area contributed by atoms with E-state index >= 15 is 0 Å². The van der Waals surface area contributed by atoms with E-state index in [2.05, 4.69) is 11.9 Å². The van der Waals surface area contributed by atoms with E-state index in [1.165, 1.54) is 0 Å². The number of alkyl halides is 3. The number of nitrogens with two attached hydrogens (primary N) is 1. The summed E-state index contributed by atoms with van der Waals surface area (Å²) in [6, 6.07) is 2.03. The molecule has 0 unspecified atom stereocenters. The van der Waals surface area contributed by atoms with Gasteiger partial charge in [0.2, 0.25) is 0 Å². The van der Waals surface area contributed by atoms with Gasteiger partial charge in [-0.05, 0) is 25.5 Å². The molecular weight excluding hydrogens is 255 g/mol. The number of unbranched alkanes of at least 4 members (excludes halogenated alkanes) is 1. The fourth-order valence-electron chi connectivity index (χ4n) is 2.17. The molecule has 19 heavy (non-hydrogen) atoms. The van der Waals surface area contributed by atoms with Crippen molar-refractivity contribution in [3.8, 4) is 0 Å². The molecule has 0 amide bonds. The molecule has 0 spiro atoms. The van der Waals surface area contributed by atoms with Crippen molar-refractivity contribution in [2.75, 3.05) is 5.73 Å². The van der Waals surface area contributed by atoms with Crippen LogP contribution in [0.15, 0.2) is 12.1 Å². The number of halogens is 3. The average molecular weight is 271 g/mol. The number of nitrogen functional groups attached to an aromatic ring is 1. The number of aryl methyl sites for hydroxylation is 2. The zero-order valence-corrected chi connectivity index (χ0v) is 10.9. The molecular formula is C13H16F3N3. The summed E-state index contributed by atoms with van der Waals surface area (Å²) in [6.07, 6.45) is -2.46. The summed E-state index contributed by atoms with van der Waals surface area (Å²) in [5, 5.41) is 0. The highest BCUT2D eigenvalue weighted by Crippen LogP contribution is 2.34. The van der Waals surface area contributed by atoms with Crippen molar-refractivity contribution in [1.29, 1.82) is 0 Å². The fraction of sp³-hybridized carbons (Fsp3) is 0.462. The summed E-state index contributed by atoms with van der Waals surface area (Å²) in [4.78, 5) is 4.18. The standard InChI is InChI=1S/C13H16F3N3/c1-3-4-5-19-8(2)18-11-7-9(13(14,15)16)6-10(17)12(11)19/h6-7H,3-5,17H2,1-2H3. The van der Waals surface area contributed by atoms with Gasteiger partial charge in [-0.2, -0.15) is 13.2 Å². The molecule has 0 saturated carbocycles. The number of aromatic nitrogens is 2. The van der Waals surface area contributed by atoms with Gasteiger partial charge in [0.15, 0.2) is 0 Å². The smallest absolute Gasteiger partial charge is 0.397 e. The molecule has 0 radical (unpaired) electrons. The third kappa shape index (κ3) is 2.52. The Morgan fingerprint density at radius 2 is 2.00 bits per heavy atom. The SMILES string of the molecule is CCCCn1c(C)nc2cc(C(F)(F)F)cc(N)c21. The largest absolute Gasteiger partial charge is 0.416 e. The normalized spacial score (nSPS) is 12.3. The molecule has 0 aliphatic rings. The van der Waals surface area contributed by atoms with Crippen LogP contribution in [-0.2, 0) is 12.7 Å². The molecule has 104 valence electrons. The molecule has 1 heterocycles. The second-order valence-corrected chi connectivity index (χ2v) is 4.60. The highest BCUT2D eigenvalue weighted by atomic mass is 19.4. The fourth-order valence-corrected chi connectivity index (χ4v) is 2.17. The minimum absolute atomic E-state index is 0.126. The van der Waals surface area contributed by atoms with Gasteiger partial charge in [-0.1, -0.05) is 13.3 Å². The third-order valence-corrected chi connectivity index (χ3v) is 3.12. The molecule has 3 nitrogen and oxygen atoms in total. The molecule has 0 fully saturated rings. The first kappa shape index (κ1) is 13.7. The van der Waals surface area contributed by atoms with Gasteiger partial charge in [-0.3, -0.25) is 0 Å². The van der Waals surface area contributed by atoms with Crippen molar-refractivity contribution in [3.05, 3.63) is 23.5 Å². The van der Waals surface area contributed by atoms with Crippen LogP contribution >= 0.6 is 0 Å². The number of nitrogens with zero attached hydrogens (tertiary/aromatic N) is 2. The van der Waals surface area contributed by atoms with Crippen LogP contribution in [0.3, 0.4) is 0 Å². The van der Waals surface area contributed by atoms with E-state index in [1.54, 1.807) is 6.92 Å². The van der Waals surface area contributed by atoms with Crippen molar-refractivity contribution in [1.82, 2.24) is 9.55 Å². The second kappa shape index (κ2) is 4.75. The quantitative estimate of drug-likeness (QED) is 0.864. The van der Waals surface area contributed by atoms with Crippen LogP contribution in [0.5, 0.6) is 0 Å². The molecule has 2 rings (SSSR count). The monoisotopic (exact) mass is 271 g/mol. The minimum atomic E-state index is -4.40. The van der Waals surface area contributed by atoms with Gasteiger partial charge in [0.05, 0.1) is 22.3 Å². The van der Waals surface area contributed by atoms with Crippen molar-refractivity contribution in [2.45, 2.75) is 39.4 Å². The van der Waals surface area contributed by atoms with E-state index in [-0.39, 0.29) is 5.69 Å². The maximum absolute atomic E-state index is 12.7. The predicted molar refractivity (Wildman–Crippen MR) is 68.8 cm³/mol. The van der Waals surface area contributed by atoms with Crippen molar-refractivity contribution in [3.63, 3.8) is 0 Å². The van der Waals surface area contributed by atoms with Gasteiger partial charge in [0.1, 0.15) is 5.82 Å². The van der Waals surface area contributed by atoms with Crippen LogP contribution in [0.1, 0.15) is 31.2 Å². The number of benzene rings is 1. The molecule has 0 bridgehead atoms. The van der Waals surface area contributed by atoms with Gasteiger partial charge >= 0.3 is 6.18 Å². The summed E-state index contributed by atoms with van der Waals surface area (Å²) in [7, 11) is 0. The Labute approximate surface area is 109 Å². The Morgan fingerprint density at radius 1 is 1.32 bits per heavy atom. The molecule has 0 atom stereocenters. The van der Waals surface area contributed by atoms with E-state index in [0.29, 0.717) is 23.4 Å². The van der Waals surface area contributed by atoms with E-state index in [9.17, 15) is 13.2 Å². The number of hydrogen-bond donors (Lipinski definition) is 1. The molecule has 2 N–H and O–H groups in total. The Balaban J connectivity index is 2.60. The molecule has 2 aromatic rings. The lowest BCUT2D eigenvalue weighted by Gasteiger charge is -2.10.